The SMILES string of the molecule is Cc1c(S(=O)(=O)NCCCN2CCC[C@@H](CO)C2)sc2ccc(C#N)cc12. The number of piperidine rings is 1. The number of hydrogen-bond donors (Lipinski definition) is 2. The molecule has 0 unspecified atom stereocenters. The zero-order chi connectivity index (χ0) is 19.4. The molecule has 1 aromatic heterocycles. The van der Waals surface area contributed by atoms with E-state index in [-0.39, 0.29) is 6.61 Å². The number of aliphatic hydroxyl groups excluding tert-OH is 1. The number of benzene rings is 1. The van der Waals surface area contributed by atoms with Gasteiger partial charge in [0.1, 0.15) is 4.21 Å². The zero-order valence-electron chi connectivity index (χ0n) is 15.4. The Kier molecular flexibility index (Phi) is 6.50. The minimum absolute atomic E-state index is 0.224. The Balaban J connectivity index is 1.61. The highest BCUT2D eigenvalue weighted by Crippen LogP contribution is 2.34. The van der Waals surface area contributed by atoms with Gasteiger partial charge in [-0.25, -0.2) is 13.1 Å². The van der Waals surface area contributed by atoms with Gasteiger partial charge in [-0.05, 0) is 74.3 Å². The lowest BCUT2D eigenvalue weighted by molar-refractivity contribution is 0.120. The van der Waals surface area contributed by atoms with Gasteiger partial charge in [-0.3, -0.25) is 0 Å². The minimum atomic E-state index is -3.56. The van der Waals surface area contributed by atoms with Crippen LogP contribution in [0.3, 0.4) is 0 Å². The van der Waals surface area contributed by atoms with Gasteiger partial charge >= 0.3 is 0 Å². The van der Waals surface area contributed by atoms with Gasteiger partial charge in [-0.1, -0.05) is 0 Å². The van der Waals surface area contributed by atoms with Crippen molar-refractivity contribution >= 4 is 31.4 Å². The van der Waals surface area contributed by atoms with Crippen LogP contribution in [0.2, 0.25) is 0 Å². The van der Waals surface area contributed by atoms with E-state index in [9.17, 15) is 13.5 Å². The molecule has 2 heterocycles. The van der Waals surface area contributed by atoms with Gasteiger partial charge in [0.05, 0.1) is 11.6 Å². The first-order valence-electron chi connectivity index (χ1n) is 9.20. The largest absolute Gasteiger partial charge is 0.396 e. The molecule has 1 aliphatic heterocycles. The smallest absolute Gasteiger partial charge is 0.250 e. The van der Waals surface area contributed by atoms with Crippen LogP contribution in [0.15, 0.2) is 22.4 Å². The summed E-state index contributed by atoms with van der Waals surface area (Å²) in [4.78, 5) is 2.30. The van der Waals surface area contributed by atoms with Crippen molar-refractivity contribution in [1.82, 2.24) is 9.62 Å². The molecule has 1 saturated heterocycles. The maximum Gasteiger partial charge on any atom is 0.250 e. The second-order valence-corrected chi connectivity index (χ2v) is 10.1. The number of nitrogens with zero attached hydrogens (tertiary/aromatic N) is 2. The molecule has 3 rings (SSSR count). The Bertz CT molecular complexity index is 947. The van der Waals surface area contributed by atoms with Crippen LogP contribution in [-0.4, -0.2) is 51.2 Å². The van der Waals surface area contributed by atoms with Crippen molar-refractivity contribution in [2.45, 2.75) is 30.4 Å². The number of aryl methyl sites for hydroxylation is 1. The van der Waals surface area contributed by atoms with Gasteiger partial charge in [-0.15, -0.1) is 11.3 Å². The predicted octanol–water partition coefficient (Wildman–Crippen LogP) is 2.45. The van der Waals surface area contributed by atoms with Gasteiger partial charge in [0.15, 0.2) is 0 Å². The Labute approximate surface area is 164 Å². The summed E-state index contributed by atoms with van der Waals surface area (Å²) in [6.45, 7) is 5.13. The van der Waals surface area contributed by atoms with Crippen LogP contribution in [-0.2, 0) is 10.0 Å². The summed E-state index contributed by atoms with van der Waals surface area (Å²) in [6, 6.07) is 7.35. The summed E-state index contributed by atoms with van der Waals surface area (Å²) in [5.41, 5.74) is 1.23. The standard InChI is InChI=1S/C19H25N3O3S2/c1-14-17-10-15(11-20)5-6-18(17)26-19(14)27(24,25)21-7-3-9-22-8-2-4-16(12-22)13-23/h5-6,10,16,21,23H,2-4,7-9,12-13H2,1H3/t16-/m1/s1. The minimum Gasteiger partial charge on any atom is -0.396 e. The van der Waals surface area contributed by atoms with Crippen molar-refractivity contribution < 1.29 is 13.5 Å². The van der Waals surface area contributed by atoms with Crippen molar-refractivity contribution in [3.05, 3.63) is 29.3 Å². The number of thiophene rings is 1. The molecule has 8 heteroatoms. The number of aliphatic hydroxyl groups is 1. The molecule has 2 aromatic rings. The van der Waals surface area contributed by atoms with Gasteiger partial charge in [0, 0.05) is 24.4 Å². The van der Waals surface area contributed by atoms with E-state index in [0.29, 0.717) is 27.8 Å². The zero-order valence-corrected chi connectivity index (χ0v) is 17.1. The van der Waals surface area contributed by atoms with Crippen LogP contribution >= 0.6 is 11.3 Å². The maximum absolute atomic E-state index is 12.7. The molecule has 146 valence electrons. The average molecular weight is 408 g/mol. The summed E-state index contributed by atoms with van der Waals surface area (Å²) < 4.78 is 29.3. The fourth-order valence-corrected chi connectivity index (χ4v) is 6.47. The Morgan fingerprint density at radius 2 is 2.26 bits per heavy atom. The van der Waals surface area contributed by atoms with Crippen molar-refractivity contribution in [3.63, 3.8) is 0 Å². The highest BCUT2D eigenvalue weighted by molar-refractivity contribution is 7.91. The summed E-state index contributed by atoms with van der Waals surface area (Å²) in [5.74, 6) is 0.343. The second-order valence-electron chi connectivity index (χ2n) is 7.08. The molecular formula is C19H25N3O3S2. The second kappa shape index (κ2) is 8.67. The summed E-state index contributed by atoms with van der Waals surface area (Å²) in [5, 5.41) is 19.2. The van der Waals surface area contributed by atoms with E-state index in [1.807, 2.05) is 0 Å². The predicted molar refractivity (Wildman–Crippen MR) is 107 cm³/mol. The average Bonchev–Trinajstić information content (AvgIpc) is 3.02. The first kappa shape index (κ1) is 20.2. The van der Waals surface area contributed by atoms with Crippen LogP contribution in [0.1, 0.15) is 30.4 Å². The molecule has 1 fully saturated rings. The molecular weight excluding hydrogens is 382 g/mol. The van der Waals surface area contributed by atoms with Crippen LogP contribution in [0.5, 0.6) is 0 Å². The first-order chi connectivity index (χ1) is 12.9. The quantitative estimate of drug-likeness (QED) is 0.688. The van der Waals surface area contributed by atoms with E-state index in [0.717, 1.165) is 49.0 Å². The molecule has 0 amide bonds. The molecule has 0 aliphatic carbocycles. The molecule has 2 N–H and O–H groups in total. The Morgan fingerprint density at radius 3 is 3.00 bits per heavy atom. The van der Waals surface area contributed by atoms with Crippen LogP contribution in [0, 0.1) is 24.2 Å². The van der Waals surface area contributed by atoms with Crippen LogP contribution in [0.25, 0.3) is 10.1 Å². The molecule has 0 saturated carbocycles. The third-order valence-corrected chi connectivity index (χ3v) is 8.42. The highest BCUT2D eigenvalue weighted by atomic mass is 32.2. The van der Waals surface area contributed by atoms with Crippen molar-refractivity contribution in [3.8, 4) is 6.07 Å². The maximum atomic E-state index is 12.7. The molecule has 1 aliphatic rings. The number of sulfonamides is 1. The first-order valence-corrected chi connectivity index (χ1v) is 11.5. The third kappa shape index (κ3) is 4.68. The fourth-order valence-electron chi connectivity index (χ4n) is 3.60. The van der Waals surface area contributed by atoms with E-state index in [4.69, 9.17) is 5.26 Å². The lowest BCUT2D eigenvalue weighted by Gasteiger charge is -2.31. The molecule has 6 nitrogen and oxygen atoms in total. The number of fused-ring (bicyclic) bond motifs is 1. The summed E-state index contributed by atoms with van der Waals surface area (Å²) >= 11 is 1.24. The van der Waals surface area contributed by atoms with Crippen molar-refractivity contribution in [2.24, 2.45) is 5.92 Å². The number of hydrogen-bond acceptors (Lipinski definition) is 6. The fraction of sp³-hybridized carbons (Fsp3) is 0.526. The Morgan fingerprint density at radius 1 is 1.44 bits per heavy atom. The lowest BCUT2D eigenvalue weighted by Crippen LogP contribution is -2.38. The number of nitriles is 1. The van der Waals surface area contributed by atoms with Crippen LogP contribution in [0.4, 0.5) is 0 Å². The van der Waals surface area contributed by atoms with E-state index in [1.54, 1.807) is 25.1 Å². The van der Waals surface area contributed by atoms with Gasteiger partial charge < -0.3 is 10.0 Å². The monoisotopic (exact) mass is 407 g/mol. The third-order valence-electron chi connectivity index (χ3n) is 5.07. The molecule has 0 radical (unpaired) electrons. The topological polar surface area (TPSA) is 93.4 Å². The number of nitrogens with one attached hydrogen (secondary N) is 1. The van der Waals surface area contributed by atoms with Crippen molar-refractivity contribution in [1.29, 1.82) is 5.26 Å². The number of likely N-dealkylation sites (tertiary alicyclic amines) is 1. The number of rotatable bonds is 7. The molecule has 0 spiro atoms. The Hall–Kier alpha value is -1.50. The van der Waals surface area contributed by atoms with Gasteiger partial charge in [0.2, 0.25) is 10.0 Å². The molecule has 1 aromatic carbocycles. The van der Waals surface area contributed by atoms with E-state index >= 15 is 0 Å². The van der Waals surface area contributed by atoms with Crippen LogP contribution < -0.4 is 4.72 Å². The van der Waals surface area contributed by atoms with E-state index in [2.05, 4.69) is 15.7 Å². The van der Waals surface area contributed by atoms with Gasteiger partial charge in [0.25, 0.3) is 0 Å². The highest BCUT2D eigenvalue weighted by Gasteiger charge is 2.22. The van der Waals surface area contributed by atoms with Crippen molar-refractivity contribution in [2.75, 3.05) is 32.8 Å². The molecule has 27 heavy (non-hydrogen) atoms. The molecule has 1 atom stereocenters. The van der Waals surface area contributed by atoms with E-state index in [1.165, 1.54) is 11.3 Å². The van der Waals surface area contributed by atoms with Gasteiger partial charge in [-0.2, -0.15) is 5.26 Å². The van der Waals surface area contributed by atoms with E-state index < -0.39 is 10.0 Å². The normalized spacial score (nSPS) is 18.6. The lowest BCUT2D eigenvalue weighted by atomic mass is 9.99. The molecule has 0 bridgehead atoms. The summed E-state index contributed by atoms with van der Waals surface area (Å²) in [6.07, 6.45) is 2.89. The summed E-state index contributed by atoms with van der Waals surface area (Å²) in [7, 11) is -3.56.